The number of rotatable bonds is 6. The average Bonchev–Trinajstić information content (AvgIpc) is 2.73. The van der Waals surface area contributed by atoms with E-state index in [1.54, 1.807) is 42.5 Å². The quantitative estimate of drug-likeness (QED) is 0.345. The second kappa shape index (κ2) is 9.92. The van der Waals surface area contributed by atoms with Crippen LogP contribution >= 0.6 is 27.5 Å². The highest BCUT2D eigenvalue weighted by atomic mass is 79.9. The molecular formula is C23H16BrClN2O2. The molecule has 3 aromatic carbocycles. The first-order valence-corrected chi connectivity index (χ1v) is 9.88. The van der Waals surface area contributed by atoms with Crippen molar-refractivity contribution in [1.82, 2.24) is 0 Å². The summed E-state index contributed by atoms with van der Waals surface area (Å²) in [7, 11) is 0. The Morgan fingerprint density at radius 2 is 1.83 bits per heavy atom. The Hall–Kier alpha value is -3.07. The molecule has 0 fully saturated rings. The molecule has 144 valence electrons. The van der Waals surface area contributed by atoms with Crippen molar-refractivity contribution in [2.75, 3.05) is 5.32 Å². The Balaban J connectivity index is 1.72. The van der Waals surface area contributed by atoms with Crippen molar-refractivity contribution in [3.63, 3.8) is 0 Å². The topological polar surface area (TPSA) is 62.1 Å². The van der Waals surface area contributed by atoms with Gasteiger partial charge in [0.15, 0.2) is 0 Å². The van der Waals surface area contributed by atoms with Gasteiger partial charge in [0.25, 0.3) is 5.91 Å². The van der Waals surface area contributed by atoms with E-state index < -0.39 is 5.91 Å². The summed E-state index contributed by atoms with van der Waals surface area (Å²) in [5, 5.41) is 12.4. The highest BCUT2D eigenvalue weighted by Crippen LogP contribution is 2.28. The first-order chi connectivity index (χ1) is 14.1. The van der Waals surface area contributed by atoms with E-state index in [4.69, 9.17) is 16.3 Å². The number of carbonyl (C=O) groups excluding carboxylic acids is 1. The van der Waals surface area contributed by atoms with Crippen LogP contribution in [0.4, 0.5) is 5.69 Å². The number of hydrogen-bond donors (Lipinski definition) is 1. The molecule has 1 amide bonds. The lowest BCUT2D eigenvalue weighted by atomic mass is 10.1. The van der Waals surface area contributed by atoms with Crippen molar-refractivity contribution < 1.29 is 9.53 Å². The third kappa shape index (κ3) is 5.71. The van der Waals surface area contributed by atoms with Gasteiger partial charge in [-0.25, -0.2) is 0 Å². The summed E-state index contributed by atoms with van der Waals surface area (Å²) in [6.45, 7) is 0.360. The zero-order chi connectivity index (χ0) is 20.6. The lowest BCUT2D eigenvalue weighted by molar-refractivity contribution is -0.112. The number of halogens is 2. The molecule has 0 aromatic heterocycles. The van der Waals surface area contributed by atoms with Crippen molar-refractivity contribution in [1.29, 1.82) is 5.26 Å². The lowest BCUT2D eigenvalue weighted by Gasteiger charge is -2.10. The number of nitrogens with zero attached hydrogens (tertiary/aromatic N) is 1. The third-order valence-corrected chi connectivity index (χ3v) is 5.07. The molecule has 0 aliphatic heterocycles. The maximum atomic E-state index is 12.3. The molecule has 3 aromatic rings. The smallest absolute Gasteiger partial charge is 0.266 e. The van der Waals surface area contributed by atoms with E-state index in [9.17, 15) is 10.1 Å². The number of amides is 1. The predicted molar refractivity (Wildman–Crippen MR) is 119 cm³/mol. The van der Waals surface area contributed by atoms with E-state index >= 15 is 0 Å². The number of carbonyl (C=O) groups is 1. The summed E-state index contributed by atoms with van der Waals surface area (Å²) < 4.78 is 6.75. The summed E-state index contributed by atoms with van der Waals surface area (Å²) in [5.41, 5.74) is 2.22. The van der Waals surface area contributed by atoms with E-state index in [0.29, 0.717) is 28.6 Å². The molecule has 0 spiro atoms. The van der Waals surface area contributed by atoms with Crippen LogP contribution in [0.25, 0.3) is 6.08 Å². The number of ether oxygens (including phenoxy) is 1. The fraction of sp³-hybridized carbons (Fsp3) is 0.0435. The average molecular weight is 468 g/mol. The van der Waals surface area contributed by atoms with Gasteiger partial charge in [0.1, 0.15) is 24.0 Å². The van der Waals surface area contributed by atoms with Crippen molar-refractivity contribution in [3.8, 4) is 11.8 Å². The van der Waals surface area contributed by atoms with E-state index in [1.165, 1.54) is 6.08 Å². The molecule has 0 unspecified atom stereocenters. The van der Waals surface area contributed by atoms with Gasteiger partial charge >= 0.3 is 0 Å². The zero-order valence-corrected chi connectivity index (χ0v) is 17.6. The van der Waals surface area contributed by atoms with Gasteiger partial charge in [0, 0.05) is 15.7 Å². The Bertz CT molecular complexity index is 1090. The van der Waals surface area contributed by atoms with Crippen LogP contribution in [-0.2, 0) is 11.4 Å². The van der Waals surface area contributed by atoms with E-state index in [1.807, 2.05) is 36.4 Å². The minimum Gasteiger partial charge on any atom is -0.487 e. The Morgan fingerprint density at radius 3 is 2.52 bits per heavy atom. The zero-order valence-electron chi connectivity index (χ0n) is 15.2. The van der Waals surface area contributed by atoms with Crippen LogP contribution in [-0.4, -0.2) is 5.91 Å². The number of anilines is 1. The maximum Gasteiger partial charge on any atom is 0.266 e. The molecule has 29 heavy (non-hydrogen) atoms. The summed E-state index contributed by atoms with van der Waals surface area (Å²) >= 11 is 9.80. The number of benzene rings is 3. The maximum absolute atomic E-state index is 12.3. The van der Waals surface area contributed by atoms with Crippen LogP contribution in [0.2, 0.25) is 5.02 Å². The third-order valence-electron chi connectivity index (χ3n) is 4.00. The van der Waals surface area contributed by atoms with Gasteiger partial charge < -0.3 is 10.1 Å². The van der Waals surface area contributed by atoms with Gasteiger partial charge in [-0.1, -0.05) is 70.0 Å². The molecule has 0 aliphatic carbocycles. The van der Waals surface area contributed by atoms with Crippen LogP contribution in [0, 0.1) is 11.3 Å². The molecule has 0 heterocycles. The molecule has 0 atom stereocenters. The van der Waals surface area contributed by atoms with Crippen molar-refractivity contribution in [2.24, 2.45) is 0 Å². The minimum atomic E-state index is -0.482. The Labute approximate surface area is 182 Å². The molecule has 4 nitrogen and oxygen atoms in total. The van der Waals surface area contributed by atoms with Gasteiger partial charge in [-0.2, -0.15) is 5.26 Å². The first-order valence-electron chi connectivity index (χ1n) is 8.71. The van der Waals surface area contributed by atoms with Gasteiger partial charge in [-0.15, -0.1) is 0 Å². The van der Waals surface area contributed by atoms with Gasteiger partial charge in [0.05, 0.1) is 5.02 Å². The molecule has 3 rings (SSSR count). The molecule has 1 N–H and O–H groups in total. The lowest BCUT2D eigenvalue weighted by Crippen LogP contribution is -2.13. The molecule has 0 radical (unpaired) electrons. The van der Waals surface area contributed by atoms with Crippen LogP contribution in [0.15, 0.2) is 82.8 Å². The van der Waals surface area contributed by atoms with E-state index in [-0.39, 0.29) is 5.57 Å². The SMILES string of the molecule is N#C/C(=C\c1ccc(OCc2ccccc2Br)c(Cl)c1)C(=O)Nc1ccccc1. The standard InChI is InChI=1S/C23H16BrClN2O2/c24-20-9-5-4-6-17(20)15-29-22-11-10-16(13-21(22)25)12-18(14-26)23(28)27-19-7-2-1-3-8-19/h1-13H,15H2,(H,27,28)/b18-12+. The molecule has 0 aliphatic rings. The Kier molecular flexibility index (Phi) is 7.07. The summed E-state index contributed by atoms with van der Waals surface area (Å²) in [4.78, 5) is 12.3. The van der Waals surface area contributed by atoms with Crippen molar-refractivity contribution in [2.45, 2.75) is 6.61 Å². The monoisotopic (exact) mass is 466 g/mol. The highest BCUT2D eigenvalue weighted by Gasteiger charge is 2.11. The van der Waals surface area contributed by atoms with Crippen LogP contribution in [0.1, 0.15) is 11.1 Å². The van der Waals surface area contributed by atoms with Gasteiger partial charge in [-0.3, -0.25) is 4.79 Å². The number of hydrogen-bond acceptors (Lipinski definition) is 3. The number of nitrogens with one attached hydrogen (secondary N) is 1. The first kappa shape index (κ1) is 20.7. The summed E-state index contributed by atoms with van der Waals surface area (Å²) in [5.74, 6) is 0.0379. The van der Waals surface area contributed by atoms with Gasteiger partial charge in [0.2, 0.25) is 0 Å². The highest BCUT2D eigenvalue weighted by molar-refractivity contribution is 9.10. The molecule has 0 saturated heterocycles. The second-order valence-corrected chi connectivity index (χ2v) is 7.32. The summed E-state index contributed by atoms with van der Waals surface area (Å²) in [6, 6.07) is 23.8. The predicted octanol–water partition coefficient (Wildman–Crippen LogP) is 6.23. The molecule has 0 bridgehead atoms. The Morgan fingerprint density at radius 1 is 1.10 bits per heavy atom. The minimum absolute atomic E-state index is 0.0215. The number of nitriles is 1. The molecule has 6 heteroatoms. The fourth-order valence-electron chi connectivity index (χ4n) is 2.53. The van der Waals surface area contributed by atoms with Crippen LogP contribution in [0.5, 0.6) is 5.75 Å². The van der Waals surface area contributed by atoms with Crippen molar-refractivity contribution in [3.05, 3.63) is 99.0 Å². The van der Waals surface area contributed by atoms with Crippen molar-refractivity contribution >= 4 is 45.2 Å². The molecular weight excluding hydrogens is 452 g/mol. The number of para-hydroxylation sites is 1. The summed E-state index contributed by atoms with van der Waals surface area (Å²) in [6.07, 6.45) is 1.49. The normalized spacial score (nSPS) is 10.9. The van der Waals surface area contributed by atoms with Crippen LogP contribution < -0.4 is 10.1 Å². The fourth-order valence-corrected chi connectivity index (χ4v) is 3.17. The van der Waals surface area contributed by atoms with Gasteiger partial charge in [-0.05, 0) is 42.0 Å². The molecule has 0 saturated carbocycles. The van der Waals surface area contributed by atoms with Crippen LogP contribution in [0.3, 0.4) is 0 Å². The largest absolute Gasteiger partial charge is 0.487 e. The van der Waals surface area contributed by atoms with E-state index in [2.05, 4.69) is 21.2 Å². The second-order valence-electron chi connectivity index (χ2n) is 6.06. The van der Waals surface area contributed by atoms with E-state index in [0.717, 1.165) is 10.0 Å².